The molecule has 0 unspecified atom stereocenters. The van der Waals surface area contributed by atoms with Gasteiger partial charge in [0.25, 0.3) is 5.91 Å². The van der Waals surface area contributed by atoms with E-state index in [0.717, 1.165) is 16.6 Å². The number of ether oxygens (including phenoxy) is 1. The number of rotatable bonds is 5. The molecule has 0 bridgehead atoms. The van der Waals surface area contributed by atoms with Crippen molar-refractivity contribution in [2.45, 2.75) is 0 Å². The molecule has 0 saturated heterocycles. The van der Waals surface area contributed by atoms with Gasteiger partial charge in [-0.05, 0) is 71.7 Å². The van der Waals surface area contributed by atoms with Crippen molar-refractivity contribution in [3.8, 4) is 5.75 Å². The van der Waals surface area contributed by atoms with E-state index in [2.05, 4.69) is 20.5 Å². The zero-order chi connectivity index (χ0) is 20.2. The van der Waals surface area contributed by atoms with E-state index in [1.807, 2.05) is 5.38 Å². The molecule has 2 heterocycles. The van der Waals surface area contributed by atoms with Crippen molar-refractivity contribution >= 4 is 52.7 Å². The third-order valence-corrected chi connectivity index (χ3v) is 5.02. The summed E-state index contributed by atoms with van der Waals surface area (Å²) in [6.45, 7) is 0. The molecule has 0 aliphatic carbocycles. The van der Waals surface area contributed by atoms with Gasteiger partial charge in [-0.3, -0.25) is 4.79 Å². The summed E-state index contributed by atoms with van der Waals surface area (Å²) < 4.78 is 5.80. The summed E-state index contributed by atoms with van der Waals surface area (Å²) in [4.78, 5) is 30.7. The third kappa shape index (κ3) is 4.48. The fourth-order valence-electron chi connectivity index (χ4n) is 2.58. The molecule has 29 heavy (non-hydrogen) atoms. The summed E-state index contributed by atoms with van der Waals surface area (Å²) in [6.07, 6.45) is 1.51. The summed E-state index contributed by atoms with van der Waals surface area (Å²) in [5.41, 5.74) is 5.26. The number of thiophene rings is 1. The van der Waals surface area contributed by atoms with Crippen molar-refractivity contribution in [1.82, 2.24) is 15.4 Å². The Morgan fingerprint density at radius 3 is 2.62 bits per heavy atom. The number of imidazole rings is 1. The van der Waals surface area contributed by atoms with Crippen LogP contribution in [0.25, 0.3) is 11.0 Å². The summed E-state index contributed by atoms with van der Waals surface area (Å²) in [7, 11) is 0. The summed E-state index contributed by atoms with van der Waals surface area (Å²) >= 11 is 6.36. The third-order valence-electron chi connectivity index (χ3n) is 3.97. The fourth-order valence-corrected chi connectivity index (χ4v) is 3.40. The number of hydrogen-bond donors (Lipinski definition) is 3. The molecule has 2 aromatic heterocycles. The SMILES string of the molecule is O=C(N/N=C\c1ccc(OC(=O)c2cccs2)cc1)c1ccc2[nH]c(=S)[nH]c2c1. The molecular weight excluding hydrogens is 408 g/mol. The zero-order valence-electron chi connectivity index (χ0n) is 14.8. The second-order valence-corrected chi connectivity index (χ2v) is 7.33. The molecule has 0 aliphatic rings. The van der Waals surface area contributed by atoms with Crippen LogP contribution < -0.4 is 10.2 Å². The van der Waals surface area contributed by atoms with Crippen LogP contribution in [0.15, 0.2) is 65.1 Å². The first-order chi connectivity index (χ1) is 14.1. The van der Waals surface area contributed by atoms with Crippen LogP contribution in [0.3, 0.4) is 0 Å². The monoisotopic (exact) mass is 422 g/mol. The number of nitrogens with one attached hydrogen (secondary N) is 3. The van der Waals surface area contributed by atoms with Gasteiger partial charge >= 0.3 is 5.97 Å². The Hall–Kier alpha value is -3.56. The Morgan fingerprint density at radius 1 is 1.07 bits per heavy atom. The van der Waals surface area contributed by atoms with Crippen LogP contribution in [0, 0.1) is 4.77 Å². The number of aromatic nitrogens is 2. The molecule has 3 N–H and O–H groups in total. The van der Waals surface area contributed by atoms with Crippen LogP contribution in [0.4, 0.5) is 0 Å². The van der Waals surface area contributed by atoms with Gasteiger partial charge in [0.05, 0.1) is 17.2 Å². The normalized spacial score (nSPS) is 11.0. The molecule has 4 rings (SSSR count). The molecule has 7 nitrogen and oxygen atoms in total. The average molecular weight is 422 g/mol. The first-order valence-electron chi connectivity index (χ1n) is 8.50. The van der Waals surface area contributed by atoms with Gasteiger partial charge in [-0.2, -0.15) is 5.10 Å². The molecule has 2 aromatic carbocycles. The van der Waals surface area contributed by atoms with Crippen LogP contribution in [-0.4, -0.2) is 28.1 Å². The van der Waals surface area contributed by atoms with Gasteiger partial charge in [0, 0.05) is 5.56 Å². The zero-order valence-corrected chi connectivity index (χ0v) is 16.5. The van der Waals surface area contributed by atoms with Crippen LogP contribution in [0.5, 0.6) is 5.75 Å². The van der Waals surface area contributed by atoms with Gasteiger partial charge in [-0.25, -0.2) is 10.2 Å². The maximum Gasteiger partial charge on any atom is 0.353 e. The Bertz CT molecular complexity index is 1260. The smallest absolute Gasteiger partial charge is 0.353 e. The Morgan fingerprint density at radius 2 is 1.86 bits per heavy atom. The lowest BCUT2D eigenvalue weighted by atomic mass is 10.2. The lowest BCUT2D eigenvalue weighted by Crippen LogP contribution is -2.17. The van der Waals surface area contributed by atoms with Gasteiger partial charge in [-0.15, -0.1) is 11.3 Å². The first-order valence-corrected chi connectivity index (χ1v) is 9.78. The minimum absolute atomic E-state index is 0.342. The number of hydrogen-bond acceptors (Lipinski definition) is 6. The lowest BCUT2D eigenvalue weighted by molar-refractivity contribution is 0.0739. The molecule has 9 heteroatoms. The van der Waals surface area contributed by atoms with Crippen molar-refractivity contribution < 1.29 is 14.3 Å². The van der Waals surface area contributed by atoms with Crippen molar-refractivity contribution in [1.29, 1.82) is 0 Å². The highest BCUT2D eigenvalue weighted by molar-refractivity contribution is 7.71. The van der Waals surface area contributed by atoms with Crippen molar-refractivity contribution in [3.05, 3.63) is 80.8 Å². The first kappa shape index (κ1) is 18.8. The number of amides is 1. The molecule has 0 fully saturated rings. The number of esters is 1. The molecule has 4 aromatic rings. The molecule has 0 atom stereocenters. The maximum absolute atomic E-state index is 12.2. The molecule has 0 radical (unpaired) electrons. The highest BCUT2D eigenvalue weighted by Crippen LogP contribution is 2.16. The van der Waals surface area contributed by atoms with E-state index in [9.17, 15) is 9.59 Å². The maximum atomic E-state index is 12.2. The molecule has 1 amide bonds. The second kappa shape index (κ2) is 8.21. The van der Waals surface area contributed by atoms with Crippen LogP contribution in [0.1, 0.15) is 25.6 Å². The Balaban J connectivity index is 1.36. The minimum atomic E-state index is -0.395. The number of nitrogens with zero attached hydrogens (tertiary/aromatic N) is 1. The van der Waals surface area contributed by atoms with E-state index >= 15 is 0 Å². The van der Waals surface area contributed by atoms with Gasteiger partial charge in [-0.1, -0.05) is 6.07 Å². The Labute approximate surface area is 174 Å². The lowest BCUT2D eigenvalue weighted by Gasteiger charge is -2.03. The average Bonchev–Trinajstić information content (AvgIpc) is 3.37. The molecule has 0 spiro atoms. The number of hydrazone groups is 1. The van der Waals surface area contributed by atoms with Crippen molar-refractivity contribution in [3.63, 3.8) is 0 Å². The highest BCUT2D eigenvalue weighted by atomic mass is 32.1. The quantitative estimate of drug-likeness (QED) is 0.147. The highest BCUT2D eigenvalue weighted by Gasteiger charge is 2.09. The van der Waals surface area contributed by atoms with Gasteiger partial charge in [0.2, 0.25) is 0 Å². The molecular formula is C20H14N4O3S2. The van der Waals surface area contributed by atoms with Crippen LogP contribution in [-0.2, 0) is 0 Å². The fraction of sp³-hybridized carbons (Fsp3) is 0. The van der Waals surface area contributed by atoms with Gasteiger partial charge in [0.15, 0.2) is 4.77 Å². The van der Waals surface area contributed by atoms with E-state index < -0.39 is 5.97 Å². The number of aromatic amines is 2. The van der Waals surface area contributed by atoms with E-state index in [4.69, 9.17) is 17.0 Å². The number of H-pyrrole nitrogens is 2. The summed E-state index contributed by atoms with van der Waals surface area (Å²) in [5, 5.41) is 5.78. The second-order valence-electron chi connectivity index (χ2n) is 5.97. The van der Waals surface area contributed by atoms with Gasteiger partial charge < -0.3 is 14.7 Å². The predicted molar refractivity (Wildman–Crippen MR) is 114 cm³/mol. The number of fused-ring (bicyclic) bond motifs is 1. The summed E-state index contributed by atoms with van der Waals surface area (Å²) in [6, 6.07) is 15.5. The topological polar surface area (TPSA) is 99.3 Å². The van der Waals surface area contributed by atoms with Crippen LogP contribution >= 0.6 is 23.6 Å². The number of carbonyl (C=O) groups excluding carboxylic acids is 2. The van der Waals surface area contributed by atoms with E-state index in [1.54, 1.807) is 54.6 Å². The largest absolute Gasteiger partial charge is 0.422 e. The molecule has 0 saturated carbocycles. The van der Waals surface area contributed by atoms with Crippen molar-refractivity contribution in [2.75, 3.05) is 0 Å². The minimum Gasteiger partial charge on any atom is -0.422 e. The van der Waals surface area contributed by atoms with E-state index in [1.165, 1.54) is 17.6 Å². The number of carbonyl (C=O) groups is 2. The van der Waals surface area contributed by atoms with E-state index in [0.29, 0.717) is 21.0 Å². The standard InChI is InChI=1S/C20H14N4O3S2/c25-18(13-5-8-15-16(10-13)23-20(28)22-15)24-21-11-12-3-6-14(7-4-12)27-19(26)17-2-1-9-29-17/h1-11H,(H,24,25)(H2,22,23,28)/b21-11-. The molecule has 0 aliphatic heterocycles. The Kier molecular flexibility index (Phi) is 5.32. The predicted octanol–water partition coefficient (Wildman–Crippen LogP) is 4.27. The van der Waals surface area contributed by atoms with Crippen LogP contribution in [0.2, 0.25) is 0 Å². The van der Waals surface area contributed by atoms with Gasteiger partial charge in [0.1, 0.15) is 10.6 Å². The summed E-state index contributed by atoms with van der Waals surface area (Å²) in [5.74, 6) is -0.305. The number of benzene rings is 2. The van der Waals surface area contributed by atoms with Crippen molar-refractivity contribution in [2.24, 2.45) is 5.10 Å². The van der Waals surface area contributed by atoms with E-state index in [-0.39, 0.29) is 5.91 Å². The molecule has 144 valence electrons.